The highest BCUT2D eigenvalue weighted by atomic mass is 14.2. The van der Waals surface area contributed by atoms with Gasteiger partial charge in [0, 0.05) is 0 Å². The Labute approximate surface area is 217 Å². The van der Waals surface area contributed by atoms with Crippen molar-refractivity contribution < 1.29 is 0 Å². The first-order chi connectivity index (χ1) is 14.6. The summed E-state index contributed by atoms with van der Waals surface area (Å²) >= 11 is 0. The maximum atomic E-state index is 2.22. The molecule has 0 aliphatic heterocycles. The van der Waals surface area contributed by atoms with E-state index in [0.29, 0.717) is 16.2 Å². The van der Waals surface area contributed by atoms with E-state index in [1.54, 1.807) is 0 Å². The van der Waals surface area contributed by atoms with Crippen LogP contribution in [0.3, 0.4) is 0 Å². The molecular weight excluding hydrogens is 408 g/mol. The Morgan fingerprint density at radius 3 is 0.794 bits per heavy atom. The van der Waals surface area contributed by atoms with Gasteiger partial charge in [0.05, 0.1) is 0 Å². The van der Waals surface area contributed by atoms with Crippen molar-refractivity contribution >= 4 is 0 Å². The summed E-state index contributed by atoms with van der Waals surface area (Å²) < 4.78 is 0. The van der Waals surface area contributed by atoms with Crippen LogP contribution in [-0.2, 0) is 5.41 Å². The molecule has 198 valence electrons. The molecule has 0 atom stereocenters. The van der Waals surface area contributed by atoms with Gasteiger partial charge in [-0.1, -0.05) is 170 Å². The quantitative estimate of drug-likeness (QED) is 0.353. The molecule has 0 radical (unpaired) electrons. The highest BCUT2D eigenvalue weighted by Gasteiger charge is 2.11. The van der Waals surface area contributed by atoms with Crippen molar-refractivity contribution in [1.29, 1.82) is 0 Å². The summed E-state index contributed by atoms with van der Waals surface area (Å²) in [6.45, 7) is 24.2. The van der Waals surface area contributed by atoms with Crippen molar-refractivity contribution in [3.05, 3.63) is 84.5 Å². The van der Waals surface area contributed by atoms with Crippen LogP contribution < -0.4 is 0 Å². The van der Waals surface area contributed by atoms with E-state index < -0.39 is 0 Å². The van der Waals surface area contributed by atoms with E-state index in [-0.39, 0.29) is 14.9 Å². The molecule has 0 bridgehead atoms. The molecule has 0 nitrogen and oxygen atoms in total. The molecule has 2 aliphatic rings. The summed E-state index contributed by atoms with van der Waals surface area (Å²) in [4.78, 5) is 0. The van der Waals surface area contributed by atoms with Gasteiger partial charge >= 0.3 is 0 Å². The molecule has 0 heteroatoms. The number of hydrogen-bond acceptors (Lipinski definition) is 0. The van der Waals surface area contributed by atoms with Crippen molar-refractivity contribution in [2.24, 2.45) is 10.8 Å². The summed E-state index contributed by atoms with van der Waals surface area (Å²) in [5, 5.41) is 0. The number of benzene rings is 1. The minimum absolute atomic E-state index is 0. The van der Waals surface area contributed by atoms with E-state index in [1.165, 1.54) is 31.2 Å². The van der Waals surface area contributed by atoms with Gasteiger partial charge in [-0.05, 0) is 47.5 Å². The summed E-state index contributed by atoms with van der Waals surface area (Å²) in [6, 6.07) is 10.6. The molecule has 3 rings (SSSR count). The van der Waals surface area contributed by atoms with Crippen LogP contribution in [0.4, 0.5) is 0 Å². The van der Waals surface area contributed by atoms with Crippen LogP contribution in [0.2, 0.25) is 0 Å². The molecule has 0 spiro atoms. The van der Waals surface area contributed by atoms with Crippen LogP contribution in [0, 0.1) is 10.8 Å². The molecular formula is C34H62. The monoisotopic (exact) mass is 470 g/mol. The fourth-order valence-corrected chi connectivity index (χ4v) is 2.02. The van der Waals surface area contributed by atoms with Gasteiger partial charge in [-0.3, -0.25) is 0 Å². The van der Waals surface area contributed by atoms with E-state index in [2.05, 4.69) is 155 Å². The molecule has 2 aliphatic carbocycles. The van der Waals surface area contributed by atoms with Crippen molar-refractivity contribution in [3.63, 3.8) is 0 Å². The zero-order valence-corrected chi connectivity index (χ0v) is 23.3. The predicted octanol–water partition coefficient (Wildman–Crippen LogP) is 12.1. The smallest absolute Gasteiger partial charge is 0.0132 e. The summed E-state index contributed by atoms with van der Waals surface area (Å²) in [6.07, 6.45) is 22.0. The zero-order chi connectivity index (χ0) is 25.1. The third kappa shape index (κ3) is 44.0. The van der Waals surface area contributed by atoms with Gasteiger partial charge in [-0.25, -0.2) is 0 Å². The fraction of sp³-hybridized carbons (Fsp3) is 0.588. The van der Waals surface area contributed by atoms with Crippen LogP contribution in [0.25, 0.3) is 0 Å². The Bertz CT molecular complexity index is 575. The van der Waals surface area contributed by atoms with Crippen molar-refractivity contribution in [1.82, 2.24) is 0 Å². The molecule has 0 saturated heterocycles. The summed E-state index contributed by atoms with van der Waals surface area (Å²) in [5.74, 6) is 0. The van der Waals surface area contributed by atoms with E-state index in [0.717, 1.165) is 0 Å². The zero-order valence-electron chi connectivity index (χ0n) is 23.3. The van der Waals surface area contributed by atoms with Crippen molar-refractivity contribution in [3.8, 4) is 0 Å². The maximum Gasteiger partial charge on any atom is -0.0132 e. The van der Waals surface area contributed by atoms with Gasteiger partial charge in [0.2, 0.25) is 0 Å². The van der Waals surface area contributed by atoms with Crippen molar-refractivity contribution in [2.75, 3.05) is 0 Å². The first-order valence-electron chi connectivity index (χ1n) is 12.3. The third-order valence-electron chi connectivity index (χ3n) is 3.41. The second kappa shape index (κ2) is 21.7. The van der Waals surface area contributed by atoms with Gasteiger partial charge in [-0.15, -0.1) is 0 Å². The lowest BCUT2D eigenvalue weighted by Crippen LogP contribution is -2.10. The Morgan fingerprint density at radius 1 is 0.441 bits per heavy atom. The van der Waals surface area contributed by atoms with Crippen molar-refractivity contribution in [2.45, 2.75) is 122 Å². The maximum absolute atomic E-state index is 2.22. The number of rotatable bonds is 0. The van der Waals surface area contributed by atoms with Crippen LogP contribution >= 0.6 is 0 Å². The standard InChI is InChI=1S/C10H14.2C6H8.2C5H12.2CH4/c1-10(2,3)9-7-5-4-6-8-9;2*1-2-4-6-5-3-1;2*1-5(2,3)4;;/h4-8H,1-3H3;2*1-4H,5-6H2;2*1-4H3;2*1H4. The van der Waals surface area contributed by atoms with Crippen LogP contribution in [-0.4, -0.2) is 0 Å². The SMILES string of the molecule is C.C.C1=CCCC=C1.C1=CCCC=C1.CC(C)(C)C.CC(C)(C)C.CC(C)(C)c1ccccc1. The van der Waals surface area contributed by atoms with E-state index in [1.807, 2.05) is 0 Å². The lowest BCUT2D eigenvalue weighted by Gasteiger charge is -2.18. The largest absolute Gasteiger partial charge is 0.0842 e. The number of hydrogen-bond donors (Lipinski definition) is 0. The highest BCUT2D eigenvalue weighted by molar-refractivity contribution is 5.22. The molecule has 1 aromatic rings. The molecule has 0 amide bonds. The van der Waals surface area contributed by atoms with Gasteiger partial charge < -0.3 is 0 Å². The second-order valence-corrected chi connectivity index (χ2v) is 12.5. The minimum atomic E-state index is 0. The second-order valence-electron chi connectivity index (χ2n) is 12.5. The van der Waals surface area contributed by atoms with Crippen LogP contribution in [0.5, 0.6) is 0 Å². The molecule has 34 heavy (non-hydrogen) atoms. The molecule has 1 aromatic carbocycles. The minimum Gasteiger partial charge on any atom is -0.0842 e. The number of allylic oxidation sites excluding steroid dienone is 8. The first-order valence-corrected chi connectivity index (χ1v) is 12.3. The van der Waals surface area contributed by atoms with Crippen LogP contribution in [0.1, 0.15) is 122 Å². The topological polar surface area (TPSA) is 0 Å². The van der Waals surface area contributed by atoms with Crippen LogP contribution in [0.15, 0.2) is 78.9 Å². The Hall–Kier alpha value is -1.82. The predicted molar refractivity (Wildman–Crippen MR) is 164 cm³/mol. The van der Waals surface area contributed by atoms with E-state index >= 15 is 0 Å². The molecule has 0 unspecified atom stereocenters. The Kier molecular flexibility index (Phi) is 25.1. The van der Waals surface area contributed by atoms with Gasteiger partial charge in [0.15, 0.2) is 0 Å². The molecule has 0 saturated carbocycles. The van der Waals surface area contributed by atoms with Gasteiger partial charge in [0.25, 0.3) is 0 Å². The lowest BCUT2D eigenvalue weighted by molar-refractivity contribution is 0.469. The Balaban J connectivity index is -0.000000168. The lowest BCUT2D eigenvalue weighted by atomic mass is 9.87. The summed E-state index contributed by atoms with van der Waals surface area (Å²) in [7, 11) is 0. The highest BCUT2D eigenvalue weighted by Crippen LogP contribution is 2.20. The van der Waals surface area contributed by atoms with E-state index in [9.17, 15) is 0 Å². The molecule has 0 fully saturated rings. The normalized spacial score (nSPS) is 13.5. The van der Waals surface area contributed by atoms with Gasteiger partial charge in [-0.2, -0.15) is 0 Å². The third-order valence-corrected chi connectivity index (χ3v) is 3.41. The molecule has 0 aromatic heterocycles. The average Bonchev–Trinajstić information content (AvgIpc) is 2.69. The summed E-state index contributed by atoms with van der Waals surface area (Å²) in [5.41, 5.74) is 2.69. The Morgan fingerprint density at radius 2 is 0.676 bits per heavy atom. The first kappa shape index (κ1) is 39.4. The molecule has 0 heterocycles. The van der Waals surface area contributed by atoms with Gasteiger partial charge in [0.1, 0.15) is 0 Å². The average molecular weight is 471 g/mol. The van der Waals surface area contributed by atoms with E-state index in [4.69, 9.17) is 0 Å². The fourth-order valence-electron chi connectivity index (χ4n) is 2.02. The molecule has 0 N–H and O–H groups in total.